The summed E-state index contributed by atoms with van der Waals surface area (Å²) in [4.78, 5) is 0. The van der Waals surface area contributed by atoms with Crippen LogP contribution in [0.4, 0.5) is 0 Å². The van der Waals surface area contributed by atoms with Gasteiger partial charge >= 0.3 is 15.2 Å². The Labute approximate surface area is 137 Å². The van der Waals surface area contributed by atoms with E-state index in [1.165, 1.54) is 0 Å². The van der Waals surface area contributed by atoms with E-state index in [0.29, 0.717) is 10.6 Å². The van der Waals surface area contributed by atoms with Crippen molar-refractivity contribution in [1.29, 1.82) is 0 Å². The van der Waals surface area contributed by atoms with E-state index < -0.39 is 23.6 Å². The largest absolute Gasteiger partial charge is 0.373 e. The Bertz CT molecular complexity index is 702. The van der Waals surface area contributed by atoms with Crippen molar-refractivity contribution in [2.24, 2.45) is 0 Å². The molecule has 2 aromatic carbocycles. The molecule has 1 heterocycles. The van der Waals surface area contributed by atoms with E-state index >= 15 is 0 Å². The zero-order chi connectivity index (χ0) is 16.5. The average molecular weight is 370 g/mol. The second-order valence-electron chi connectivity index (χ2n) is 5.29. The monoisotopic (exact) mass is 370 g/mol. The first-order chi connectivity index (χ1) is 10.9. The Hall–Kier alpha value is -0.790. The molecule has 3 rings (SSSR count). The lowest BCUT2D eigenvalue weighted by molar-refractivity contribution is 0.321. The summed E-state index contributed by atoms with van der Waals surface area (Å²) in [6.45, 7) is 3.75. The summed E-state index contributed by atoms with van der Waals surface area (Å²) in [6, 6.07) is 17.2. The van der Waals surface area contributed by atoms with Crippen molar-refractivity contribution in [1.82, 2.24) is 0 Å². The molecule has 0 saturated carbocycles. The van der Waals surface area contributed by atoms with Crippen LogP contribution < -0.4 is 10.6 Å². The molecule has 2 aromatic rings. The summed E-state index contributed by atoms with van der Waals surface area (Å²) < 4.78 is 43.3. The van der Waals surface area contributed by atoms with Crippen LogP contribution in [0.25, 0.3) is 0 Å². The van der Waals surface area contributed by atoms with Gasteiger partial charge in [0.15, 0.2) is 8.38 Å². The molecule has 0 spiro atoms. The molecule has 2 atom stereocenters. The lowest BCUT2D eigenvalue weighted by Crippen LogP contribution is -2.19. The van der Waals surface area contributed by atoms with Gasteiger partial charge in [0.1, 0.15) is 0 Å². The van der Waals surface area contributed by atoms with Gasteiger partial charge < -0.3 is 0 Å². The average Bonchev–Trinajstić information content (AvgIpc) is 2.56. The Morgan fingerprint density at radius 1 is 0.783 bits per heavy atom. The van der Waals surface area contributed by atoms with Crippen molar-refractivity contribution < 1.29 is 22.1 Å². The summed E-state index contributed by atoms with van der Waals surface area (Å²) in [5.74, 6) is 0. The molecule has 0 radical (unpaired) electrons. The van der Waals surface area contributed by atoms with Crippen molar-refractivity contribution in [2.45, 2.75) is 19.5 Å². The number of hydrogen-bond donors (Lipinski definition) is 0. The van der Waals surface area contributed by atoms with Crippen LogP contribution in [-0.4, -0.2) is 5.66 Å². The topological polar surface area (TPSA) is 61.8 Å². The predicted molar refractivity (Wildman–Crippen MR) is 92.7 cm³/mol. The van der Waals surface area contributed by atoms with Gasteiger partial charge in [0.25, 0.3) is 0 Å². The van der Waals surface area contributed by atoms with E-state index in [2.05, 4.69) is 0 Å². The van der Waals surface area contributed by atoms with Gasteiger partial charge in [-0.1, -0.05) is 50.2 Å². The molecular formula is C15H17O5P3. The summed E-state index contributed by atoms with van der Waals surface area (Å²) in [6.07, 6.45) is 0. The molecule has 1 aliphatic heterocycles. The van der Waals surface area contributed by atoms with Crippen LogP contribution in [0, 0.1) is 0 Å². The van der Waals surface area contributed by atoms with Gasteiger partial charge in [0, 0.05) is 5.66 Å². The predicted octanol–water partition coefficient (Wildman–Crippen LogP) is 4.81. The van der Waals surface area contributed by atoms with E-state index in [1.54, 1.807) is 60.7 Å². The highest BCUT2D eigenvalue weighted by atomic mass is 31.3. The molecule has 122 valence electrons. The number of benzene rings is 2. The summed E-state index contributed by atoms with van der Waals surface area (Å²) in [5.41, 5.74) is -0.0667. The number of rotatable bonds is 3. The highest BCUT2D eigenvalue weighted by Crippen LogP contribution is 2.79. The third kappa shape index (κ3) is 3.51. The summed E-state index contributed by atoms with van der Waals surface area (Å²) in [7, 11) is -9.05. The molecule has 0 bridgehead atoms. The van der Waals surface area contributed by atoms with E-state index in [0.717, 1.165) is 0 Å². The fourth-order valence-corrected chi connectivity index (χ4v) is 10.1. The molecule has 0 N–H and O–H groups in total. The smallest absolute Gasteiger partial charge is 0.254 e. The first kappa shape index (κ1) is 17.0. The minimum Gasteiger partial charge on any atom is -0.254 e. The van der Waals surface area contributed by atoms with Crippen LogP contribution in [0.5, 0.6) is 0 Å². The molecule has 1 aliphatic rings. The van der Waals surface area contributed by atoms with E-state index in [1.807, 2.05) is 13.8 Å². The molecule has 0 aromatic heterocycles. The van der Waals surface area contributed by atoms with Crippen LogP contribution >= 0.6 is 23.6 Å². The minimum absolute atomic E-state index is 0.0667. The van der Waals surface area contributed by atoms with Crippen molar-refractivity contribution in [3.8, 4) is 0 Å². The SMILES string of the molecule is CC(C)P1OP(=O)(c2ccccc2)OP(=O)(c2ccccc2)O1. The fraction of sp³-hybridized carbons (Fsp3) is 0.200. The molecular weight excluding hydrogens is 353 g/mol. The normalized spacial score (nSPS) is 31.2. The van der Waals surface area contributed by atoms with Gasteiger partial charge in [0.05, 0.1) is 10.6 Å². The second-order valence-corrected chi connectivity index (χ2v) is 11.9. The van der Waals surface area contributed by atoms with Crippen molar-refractivity contribution in [3.05, 3.63) is 60.7 Å². The maximum Gasteiger partial charge on any atom is 0.373 e. The zero-order valence-electron chi connectivity index (χ0n) is 12.7. The van der Waals surface area contributed by atoms with Crippen molar-refractivity contribution in [2.75, 3.05) is 0 Å². The van der Waals surface area contributed by atoms with Crippen LogP contribution in [0.15, 0.2) is 60.7 Å². The molecule has 8 heteroatoms. The van der Waals surface area contributed by atoms with Gasteiger partial charge in [-0.25, -0.2) is 4.31 Å². The van der Waals surface area contributed by atoms with Crippen LogP contribution in [-0.2, 0) is 22.1 Å². The van der Waals surface area contributed by atoms with Crippen LogP contribution in [0.1, 0.15) is 13.8 Å². The molecule has 23 heavy (non-hydrogen) atoms. The third-order valence-electron chi connectivity index (χ3n) is 3.16. The van der Waals surface area contributed by atoms with Crippen LogP contribution in [0.3, 0.4) is 0 Å². The Morgan fingerprint density at radius 2 is 1.17 bits per heavy atom. The summed E-state index contributed by atoms with van der Waals surface area (Å²) in [5, 5.41) is 0.764. The van der Waals surface area contributed by atoms with Gasteiger partial charge in [-0.15, -0.1) is 0 Å². The van der Waals surface area contributed by atoms with E-state index in [-0.39, 0.29) is 5.66 Å². The molecule has 5 nitrogen and oxygen atoms in total. The molecule has 2 unspecified atom stereocenters. The van der Waals surface area contributed by atoms with E-state index in [4.69, 9.17) is 12.9 Å². The maximum absolute atomic E-state index is 13.3. The minimum atomic E-state index is -3.72. The lowest BCUT2D eigenvalue weighted by Gasteiger charge is -2.35. The Balaban J connectivity index is 2.06. The van der Waals surface area contributed by atoms with Gasteiger partial charge in [-0.2, -0.15) is 0 Å². The second kappa shape index (κ2) is 6.61. The van der Waals surface area contributed by atoms with Crippen molar-refractivity contribution in [3.63, 3.8) is 0 Å². The fourth-order valence-electron chi connectivity index (χ4n) is 2.00. The first-order valence-corrected chi connectivity index (χ1v) is 11.5. The standard InChI is InChI=1S/C15H17O5P3/c1-13(2)21-18-22(16,14-9-5-3-6-10-14)20-23(17,19-21)15-11-7-4-8-12-15/h3-13H,1-2H3. The van der Waals surface area contributed by atoms with Gasteiger partial charge in [-0.3, -0.25) is 17.8 Å². The Morgan fingerprint density at radius 3 is 1.52 bits per heavy atom. The maximum atomic E-state index is 13.3. The van der Waals surface area contributed by atoms with Crippen molar-refractivity contribution >= 4 is 34.2 Å². The van der Waals surface area contributed by atoms with Gasteiger partial charge in [0.2, 0.25) is 0 Å². The quantitative estimate of drug-likeness (QED) is 0.726. The molecule has 1 saturated heterocycles. The lowest BCUT2D eigenvalue weighted by atomic mass is 10.4. The molecule has 0 aliphatic carbocycles. The number of hydrogen-bond acceptors (Lipinski definition) is 5. The highest BCUT2D eigenvalue weighted by Gasteiger charge is 2.50. The molecule has 0 amide bonds. The van der Waals surface area contributed by atoms with E-state index in [9.17, 15) is 9.13 Å². The highest BCUT2D eigenvalue weighted by molar-refractivity contribution is 7.84. The zero-order valence-corrected chi connectivity index (χ0v) is 15.4. The summed E-state index contributed by atoms with van der Waals surface area (Å²) >= 11 is 0. The first-order valence-electron chi connectivity index (χ1n) is 7.14. The van der Waals surface area contributed by atoms with Gasteiger partial charge in [-0.05, 0) is 24.3 Å². The molecule has 1 fully saturated rings. The van der Waals surface area contributed by atoms with Crippen LogP contribution in [0.2, 0.25) is 0 Å². The third-order valence-corrected chi connectivity index (χ3v) is 10.6. The Kier molecular flexibility index (Phi) is 4.90.